The average Bonchev–Trinajstić information content (AvgIpc) is 2.67. The Labute approximate surface area is 153 Å². The summed E-state index contributed by atoms with van der Waals surface area (Å²) < 4.78 is 15.6. The van der Waals surface area contributed by atoms with Crippen molar-refractivity contribution in [2.24, 2.45) is 0 Å². The van der Waals surface area contributed by atoms with Crippen LogP contribution in [0.25, 0.3) is 0 Å². The van der Waals surface area contributed by atoms with E-state index < -0.39 is 12.1 Å². The summed E-state index contributed by atoms with van der Waals surface area (Å²) in [5, 5.41) is 2.80. The first kappa shape index (κ1) is 19.3. The van der Waals surface area contributed by atoms with E-state index >= 15 is 0 Å². The first-order valence-electron chi connectivity index (χ1n) is 8.42. The second-order valence-corrected chi connectivity index (χ2v) is 5.63. The van der Waals surface area contributed by atoms with Crippen LogP contribution in [0.5, 0.6) is 11.5 Å². The van der Waals surface area contributed by atoms with Gasteiger partial charge in [-0.2, -0.15) is 0 Å². The zero-order chi connectivity index (χ0) is 18.9. The molecule has 0 spiro atoms. The first-order valence-corrected chi connectivity index (χ1v) is 8.42. The Bertz CT molecular complexity index is 725. The predicted octanol–water partition coefficient (Wildman–Crippen LogP) is 3.67. The van der Waals surface area contributed by atoms with Gasteiger partial charge < -0.3 is 19.5 Å². The van der Waals surface area contributed by atoms with Gasteiger partial charge in [0.05, 0.1) is 13.7 Å². The van der Waals surface area contributed by atoms with E-state index in [1.165, 1.54) is 0 Å². The van der Waals surface area contributed by atoms with E-state index in [4.69, 9.17) is 14.2 Å². The van der Waals surface area contributed by atoms with Crippen LogP contribution in [0.4, 0.5) is 5.69 Å². The third-order valence-electron chi connectivity index (χ3n) is 3.56. The fourth-order valence-electron chi connectivity index (χ4n) is 2.13. The van der Waals surface area contributed by atoms with Crippen LogP contribution in [0.15, 0.2) is 48.5 Å². The van der Waals surface area contributed by atoms with E-state index in [0.717, 1.165) is 12.2 Å². The highest BCUT2D eigenvalue weighted by Crippen LogP contribution is 2.18. The van der Waals surface area contributed by atoms with Gasteiger partial charge in [-0.1, -0.05) is 6.92 Å². The van der Waals surface area contributed by atoms with Crippen LogP contribution < -0.4 is 14.8 Å². The molecule has 1 amide bonds. The maximum absolute atomic E-state index is 12.3. The van der Waals surface area contributed by atoms with Crippen molar-refractivity contribution in [3.8, 4) is 11.5 Å². The SMILES string of the molecule is CCCOC(=O)[C@H](C)Oc1ccc(C(=O)Nc2ccc(OC)cc2)cc1. The van der Waals surface area contributed by atoms with E-state index in [9.17, 15) is 9.59 Å². The van der Waals surface area contributed by atoms with Crippen molar-refractivity contribution in [3.05, 3.63) is 54.1 Å². The molecular formula is C20H23NO5. The standard InChI is InChI=1S/C20H23NO5/c1-4-13-25-20(23)14(2)26-18-9-5-15(6-10-18)19(22)21-16-7-11-17(24-3)12-8-16/h5-12,14H,4,13H2,1-3H3,(H,21,22)/t14-/m0/s1. The van der Waals surface area contributed by atoms with E-state index in [1.54, 1.807) is 62.6 Å². The van der Waals surface area contributed by atoms with Crippen LogP contribution in [0, 0.1) is 0 Å². The Morgan fingerprint density at radius 2 is 1.62 bits per heavy atom. The second kappa shape index (κ2) is 9.46. The van der Waals surface area contributed by atoms with Gasteiger partial charge in [0.25, 0.3) is 5.91 Å². The topological polar surface area (TPSA) is 73.9 Å². The van der Waals surface area contributed by atoms with Gasteiger partial charge in [-0.3, -0.25) is 4.79 Å². The molecule has 6 heteroatoms. The molecule has 0 radical (unpaired) electrons. The first-order chi connectivity index (χ1) is 12.5. The summed E-state index contributed by atoms with van der Waals surface area (Å²) in [5.74, 6) is 0.563. The lowest BCUT2D eigenvalue weighted by molar-refractivity contribution is -0.151. The minimum absolute atomic E-state index is 0.239. The van der Waals surface area contributed by atoms with Gasteiger partial charge in [-0.05, 0) is 61.9 Å². The van der Waals surface area contributed by atoms with Crippen LogP contribution in [0.2, 0.25) is 0 Å². The largest absolute Gasteiger partial charge is 0.497 e. The fraction of sp³-hybridized carbons (Fsp3) is 0.300. The van der Waals surface area contributed by atoms with Gasteiger partial charge in [0.1, 0.15) is 11.5 Å². The van der Waals surface area contributed by atoms with Gasteiger partial charge in [0, 0.05) is 11.3 Å². The number of ether oxygens (including phenoxy) is 3. The van der Waals surface area contributed by atoms with Crippen molar-refractivity contribution in [2.75, 3.05) is 19.0 Å². The number of carbonyl (C=O) groups is 2. The number of methoxy groups -OCH3 is 1. The third kappa shape index (κ3) is 5.51. The quantitative estimate of drug-likeness (QED) is 0.730. The summed E-state index contributed by atoms with van der Waals surface area (Å²) in [4.78, 5) is 24.0. The number of nitrogens with one attached hydrogen (secondary N) is 1. The monoisotopic (exact) mass is 357 g/mol. The fourth-order valence-corrected chi connectivity index (χ4v) is 2.13. The predicted molar refractivity (Wildman–Crippen MR) is 98.7 cm³/mol. The average molecular weight is 357 g/mol. The zero-order valence-corrected chi connectivity index (χ0v) is 15.2. The summed E-state index contributed by atoms with van der Waals surface area (Å²) in [7, 11) is 1.58. The molecule has 0 aliphatic carbocycles. The number of carbonyl (C=O) groups excluding carboxylic acids is 2. The molecule has 2 aromatic carbocycles. The number of anilines is 1. The van der Waals surface area contributed by atoms with Crippen molar-refractivity contribution in [1.82, 2.24) is 0 Å². The van der Waals surface area contributed by atoms with Gasteiger partial charge in [0.15, 0.2) is 6.10 Å². The Hall–Kier alpha value is -3.02. The summed E-state index contributed by atoms with van der Waals surface area (Å²) in [5.41, 5.74) is 1.15. The number of hydrogen-bond acceptors (Lipinski definition) is 5. The molecule has 0 aliphatic heterocycles. The van der Waals surface area contributed by atoms with E-state index in [-0.39, 0.29) is 5.91 Å². The molecule has 6 nitrogen and oxygen atoms in total. The van der Waals surface area contributed by atoms with Gasteiger partial charge in [-0.25, -0.2) is 4.79 Å². The lowest BCUT2D eigenvalue weighted by atomic mass is 10.2. The summed E-state index contributed by atoms with van der Waals surface area (Å²) in [6, 6.07) is 13.6. The van der Waals surface area contributed by atoms with Crippen molar-refractivity contribution < 1.29 is 23.8 Å². The molecule has 0 saturated carbocycles. The number of rotatable bonds is 8. The van der Waals surface area contributed by atoms with Crippen molar-refractivity contribution in [3.63, 3.8) is 0 Å². The highest BCUT2D eigenvalue weighted by molar-refractivity contribution is 6.04. The second-order valence-electron chi connectivity index (χ2n) is 5.63. The number of hydrogen-bond donors (Lipinski definition) is 1. The van der Waals surface area contributed by atoms with Crippen LogP contribution in [0.1, 0.15) is 30.6 Å². The van der Waals surface area contributed by atoms with Crippen LogP contribution in [0.3, 0.4) is 0 Å². The Kier molecular flexibility index (Phi) is 7.02. The molecule has 0 saturated heterocycles. The van der Waals surface area contributed by atoms with Gasteiger partial charge in [0.2, 0.25) is 0 Å². The van der Waals surface area contributed by atoms with E-state index in [1.807, 2.05) is 6.92 Å². The minimum Gasteiger partial charge on any atom is -0.497 e. The van der Waals surface area contributed by atoms with E-state index in [0.29, 0.717) is 23.6 Å². The highest BCUT2D eigenvalue weighted by Gasteiger charge is 2.16. The molecule has 138 valence electrons. The molecule has 0 fully saturated rings. The third-order valence-corrected chi connectivity index (χ3v) is 3.56. The highest BCUT2D eigenvalue weighted by atomic mass is 16.6. The van der Waals surface area contributed by atoms with Gasteiger partial charge in [-0.15, -0.1) is 0 Å². The molecule has 0 aromatic heterocycles. The van der Waals surface area contributed by atoms with Crippen molar-refractivity contribution in [2.45, 2.75) is 26.4 Å². The molecule has 0 aliphatic rings. The lowest BCUT2D eigenvalue weighted by Crippen LogP contribution is -2.26. The minimum atomic E-state index is -0.708. The molecule has 1 atom stereocenters. The number of amides is 1. The lowest BCUT2D eigenvalue weighted by Gasteiger charge is -2.14. The molecule has 0 heterocycles. The normalized spacial score (nSPS) is 11.3. The summed E-state index contributed by atoms with van der Waals surface area (Å²) >= 11 is 0. The summed E-state index contributed by atoms with van der Waals surface area (Å²) in [6.45, 7) is 3.92. The maximum atomic E-state index is 12.3. The molecule has 0 bridgehead atoms. The maximum Gasteiger partial charge on any atom is 0.347 e. The van der Waals surface area contributed by atoms with Crippen LogP contribution in [-0.4, -0.2) is 31.7 Å². The Balaban J connectivity index is 1.93. The van der Waals surface area contributed by atoms with Crippen LogP contribution >= 0.6 is 0 Å². The van der Waals surface area contributed by atoms with Crippen molar-refractivity contribution in [1.29, 1.82) is 0 Å². The van der Waals surface area contributed by atoms with Crippen molar-refractivity contribution >= 4 is 17.6 Å². The Morgan fingerprint density at radius 1 is 1.00 bits per heavy atom. The number of esters is 1. The molecular weight excluding hydrogens is 334 g/mol. The zero-order valence-electron chi connectivity index (χ0n) is 15.2. The smallest absolute Gasteiger partial charge is 0.347 e. The van der Waals surface area contributed by atoms with Crippen LogP contribution in [-0.2, 0) is 9.53 Å². The molecule has 2 aromatic rings. The molecule has 0 unspecified atom stereocenters. The van der Waals surface area contributed by atoms with Gasteiger partial charge >= 0.3 is 5.97 Å². The number of benzene rings is 2. The molecule has 26 heavy (non-hydrogen) atoms. The molecule has 1 N–H and O–H groups in total. The van der Waals surface area contributed by atoms with E-state index in [2.05, 4.69) is 5.32 Å². The Morgan fingerprint density at radius 3 is 2.19 bits per heavy atom. The summed E-state index contributed by atoms with van der Waals surface area (Å²) in [6.07, 6.45) is 0.0525. The molecule has 2 rings (SSSR count).